The highest BCUT2D eigenvalue weighted by Gasteiger charge is 2.49. The van der Waals surface area contributed by atoms with Crippen molar-refractivity contribution in [2.45, 2.75) is 25.8 Å². The number of methoxy groups -OCH3 is 1. The van der Waals surface area contributed by atoms with E-state index in [1.54, 1.807) is 19.1 Å². The molecule has 2 rings (SSSR count). The highest BCUT2D eigenvalue weighted by Crippen LogP contribution is 2.42. The quantitative estimate of drug-likeness (QED) is 0.373. The first-order valence-corrected chi connectivity index (χ1v) is 6.90. The highest BCUT2D eigenvalue weighted by molar-refractivity contribution is 6.07. The van der Waals surface area contributed by atoms with Crippen LogP contribution in [0.25, 0.3) is 0 Å². The average Bonchev–Trinajstić information content (AvgIpc) is 2.46. The number of hydrogen-bond acceptors (Lipinski definition) is 4. The number of hydrogen-bond donors (Lipinski definition) is 2. The fourth-order valence-electron chi connectivity index (χ4n) is 2.65. The number of amidine groups is 1. The fourth-order valence-corrected chi connectivity index (χ4v) is 2.65. The van der Waals surface area contributed by atoms with E-state index in [0.29, 0.717) is 19.4 Å². The monoisotopic (exact) mass is 291 g/mol. The zero-order chi connectivity index (χ0) is 15.5. The number of nitrogens with two attached hydrogens (primary N) is 1. The average molecular weight is 291 g/mol. The number of carbonyl (C=O) groups is 1. The number of nitrogens with zero attached hydrogens (tertiary/aromatic N) is 2. The zero-order valence-corrected chi connectivity index (χ0v) is 12.4. The molecule has 1 aromatic carbocycles. The molecule has 0 atom stereocenters. The summed E-state index contributed by atoms with van der Waals surface area (Å²) in [4.78, 5) is 14.2. The predicted molar refractivity (Wildman–Crippen MR) is 79.2 cm³/mol. The van der Waals surface area contributed by atoms with Gasteiger partial charge < -0.3 is 20.6 Å². The number of rotatable bonds is 5. The number of benzene rings is 1. The maximum atomic E-state index is 12.6. The van der Waals surface area contributed by atoms with Gasteiger partial charge in [0.05, 0.1) is 7.11 Å². The molecule has 0 heterocycles. The van der Waals surface area contributed by atoms with Gasteiger partial charge in [-0.05, 0) is 30.5 Å². The van der Waals surface area contributed by atoms with Gasteiger partial charge in [-0.1, -0.05) is 23.7 Å². The van der Waals surface area contributed by atoms with Crippen molar-refractivity contribution in [1.29, 1.82) is 0 Å². The molecule has 6 heteroatoms. The molecule has 114 valence electrons. The molecule has 0 spiro atoms. The van der Waals surface area contributed by atoms with Crippen molar-refractivity contribution in [2.75, 3.05) is 14.2 Å². The second-order valence-electron chi connectivity index (χ2n) is 5.43. The molecule has 0 unspecified atom stereocenters. The Kier molecular flexibility index (Phi) is 4.35. The molecular formula is C15H21N3O3. The van der Waals surface area contributed by atoms with Crippen LogP contribution in [0.3, 0.4) is 0 Å². The van der Waals surface area contributed by atoms with Crippen molar-refractivity contribution in [3.63, 3.8) is 0 Å². The molecule has 1 saturated carbocycles. The van der Waals surface area contributed by atoms with Crippen LogP contribution in [-0.2, 0) is 11.3 Å². The number of amides is 1. The van der Waals surface area contributed by atoms with Crippen molar-refractivity contribution in [3.8, 4) is 5.75 Å². The first-order chi connectivity index (χ1) is 10.0. The SMILES string of the molecule is COc1ccc(CN(C)C(=O)C2(/C(N)=N/O)CCC2)cc1. The van der Waals surface area contributed by atoms with Crippen LogP contribution in [0.5, 0.6) is 5.75 Å². The molecule has 1 aromatic rings. The molecule has 1 fully saturated rings. The van der Waals surface area contributed by atoms with Gasteiger partial charge in [0.2, 0.25) is 5.91 Å². The number of oxime groups is 1. The highest BCUT2D eigenvalue weighted by atomic mass is 16.5. The van der Waals surface area contributed by atoms with Gasteiger partial charge in [0.15, 0.2) is 5.84 Å². The molecule has 0 aromatic heterocycles. The van der Waals surface area contributed by atoms with Crippen LogP contribution in [0.4, 0.5) is 0 Å². The van der Waals surface area contributed by atoms with Crippen LogP contribution >= 0.6 is 0 Å². The summed E-state index contributed by atoms with van der Waals surface area (Å²) in [6.45, 7) is 0.475. The zero-order valence-electron chi connectivity index (χ0n) is 12.4. The Morgan fingerprint density at radius 2 is 2.05 bits per heavy atom. The van der Waals surface area contributed by atoms with Gasteiger partial charge in [-0.3, -0.25) is 4.79 Å². The number of carbonyl (C=O) groups excluding carboxylic acids is 1. The van der Waals surface area contributed by atoms with Crippen molar-refractivity contribution in [2.24, 2.45) is 16.3 Å². The van der Waals surface area contributed by atoms with Gasteiger partial charge in [0, 0.05) is 13.6 Å². The molecule has 0 saturated heterocycles. The minimum Gasteiger partial charge on any atom is -0.497 e. The van der Waals surface area contributed by atoms with E-state index in [0.717, 1.165) is 17.7 Å². The van der Waals surface area contributed by atoms with Crippen molar-refractivity contribution in [1.82, 2.24) is 4.90 Å². The van der Waals surface area contributed by atoms with Gasteiger partial charge in [-0.15, -0.1) is 0 Å². The summed E-state index contributed by atoms with van der Waals surface area (Å²) in [5.41, 5.74) is 5.90. The largest absolute Gasteiger partial charge is 0.497 e. The Hall–Kier alpha value is -2.24. The van der Waals surface area contributed by atoms with E-state index in [9.17, 15) is 4.79 Å². The molecule has 0 radical (unpaired) electrons. The molecule has 3 N–H and O–H groups in total. The van der Waals surface area contributed by atoms with E-state index in [1.807, 2.05) is 24.3 Å². The predicted octanol–water partition coefficient (Wildman–Crippen LogP) is 1.57. The minimum absolute atomic E-state index is 0.0142. The van der Waals surface area contributed by atoms with Crippen LogP contribution < -0.4 is 10.5 Å². The van der Waals surface area contributed by atoms with E-state index >= 15 is 0 Å². The molecule has 21 heavy (non-hydrogen) atoms. The van der Waals surface area contributed by atoms with Gasteiger partial charge in [-0.25, -0.2) is 0 Å². The van der Waals surface area contributed by atoms with Gasteiger partial charge in [0.1, 0.15) is 11.2 Å². The minimum atomic E-state index is -0.823. The van der Waals surface area contributed by atoms with Crippen molar-refractivity contribution < 1.29 is 14.7 Å². The second-order valence-corrected chi connectivity index (χ2v) is 5.43. The van der Waals surface area contributed by atoms with E-state index in [1.165, 1.54) is 0 Å². The third kappa shape index (κ3) is 2.79. The summed E-state index contributed by atoms with van der Waals surface area (Å²) in [7, 11) is 3.35. The lowest BCUT2D eigenvalue weighted by Crippen LogP contribution is -2.54. The molecule has 1 amide bonds. The van der Waals surface area contributed by atoms with E-state index in [-0.39, 0.29) is 11.7 Å². The molecule has 0 bridgehead atoms. The van der Waals surface area contributed by atoms with Crippen molar-refractivity contribution >= 4 is 11.7 Å². The molecule has 0 aliphatic heterocycles. The van der Waals surface area contributed by atoms with E-state index in [4.69, 9.17) is 15.7 Å². The second kappa shape index (κ2) is 6.03. The Morgan fingerprint density at radius 1 is 1.43 bits per heavy atom. The lowest BCUT2D eigenvalue weighted by Gasteiger charge is -2.41. The summed E-state index contributed by atoms with van der Waals surface area (Å²) < 4.78 is 5.11. The van der Waals surface area contributed by atoms with Crippen LogP contribution in [0.1, 0.15) is 24.8 Å². The van der Waals surface area contributed by atoms with Crippen LogP contribution in [0.2, 0.25) is 0 Å². The third-order valence-corrected chi connectivity index (χ3v) is 4.14. The summed E-state index contributed by atoms with van der Waals surface area (Å²) in [5.74, 6) is 0.694. The maximum absolute atomic E-state index is 12.6. The fraction of sp³-hybridized carbons (Fsp3) is 0.467. The summed E-state index contributed by atoms with van der Waals surface area (Å²) in [6.07, 6.45) is 2.18. The normalized spacial score (nSPS) is 17.0. The maximum Gasteiger partial charge on any atom is 0.236 e. The van der Waals surface area contributed by atoms with Crippen LogP contribution in [-0.4, -0.2) is 36.0 Å². The van der Waals surface area contributed by atoms with Crippen LogP contribution in [0, 0.1) is 5.41 Å². The van der Waals surface area contributed by atoms with E-state index < -0.39 is 5.41 Å². The molecule has 6 nitrogen and oxygen atoms in total. The van der Waals surface area contributed by atoms with Gasteiger partial charge in [0.25, 0.3) is 0 Å². The number of ether oxygens (including phenoxy) is 1. The molecule has 1 aliphatic rings. The smallest absolute Gasteiger partial charge is 0.236 e. The van der Waals surface area contributed by atoms with Crippen molar-refractivity contribution in [3.05, 3.63) is 29.8 Å². The molecule has 1 aliphatic carbocycles. The third-order valence-electron chi connectivity index (χ3n) is 4.14. The lowest BCUT2D eigenvalue weighted by atomic mass is 9.67. The first-order valence-electron chi connectivity index (χ1n) is 6.90. The summed E-state index contributed by atoms with van der Waals surface area (Å²) in [5, 5.41) is 11.9. The van der Waals surface area contributed by atoms with Crippen LogP contribution in [0.15, 0.2) is 29.4 Å². The van der Waals surface area contributed by atoms with Gasteiger partial charge in [-0.2, -0.15) is 0 Å². The van der Waals surface area contributed by atoms with Gasteiger partial charge >= 0.3 is 0 Å². The Labute approximate surface area is 124 Å². The lowest BCUT2D eigenvalue weighted by molar-refractivity contribution is -0.141. The Morgan fingerprint density at radius 3 is 2.48 bits per heavy atom. The topological polar surface area (TPSA) is 88.2 Å². The summed E-state index contributed by atoms with van der Waals surface area (Å²) in [6, 6.07) is 7.55. The standard InChI is InChI=1S/C15H21N3O3/c1-18(10-11-4-6-12(21-2)7-5-11)14(19)15(8-3-9-15)13(16)17-20/h4-7,20H,3,8-10H2,1-2H3,(H2,16,17). The Balaban J connectivity index is 2.08. The Bertz CT molecular complexity index is 536. The van der Waals surface area contributed by atoms with E-state index in [2.05, 4.69) is 5.16 Å². The molecular weight excluding hydrogens is 270 g/mol. The first kappa shape index (κ1) is 15.2. The summed E-state index contributed by atoms with van der Waals surface area (Å²) >= 11 is 0.